The van der Waals surface area contributed by atoms with E-state index >= 15 is 0 Å². The molecular formula is C27H24Cl2N4O2. The molecule has 0 saturated heterocycles. The fraction of sp³-hybridized carbons (Fsp3) is 0.185. The summed E-state index contributed by atoms with van der Waals surface area (Å²) in [5.74, 6) is -0.206. The van der Waals surface area contributed by atoms with E-state index in [0.29, 0.717) is 34.4 Å². The molecule has 8 heteroatoms. The number of aromatic amines is 1. The standard InChI is InChI=1S/C27H24Cl2N4O2/c1-18-26(21-14-16-30-17-15-21)31-32-27(18)33(24(34)12-6-19-2-8-22(28)9-3-19)25(35)13-7-20-4-10-23(29)11-5-20/h2-5,8-11,14-17H,6-7,12-13H2,1H3,(H,31,32). The van der Waals surface area contributed by atoms with Gasteiger partial charge in [0.15, 0.2) is 0 Å². The molecule has 35 heavy (non-hydrogen) atoms. The van der Waals surface area contributed by atoms with Gasteiger partial charge in [0.1, 0.15) is 5.82 Å². The smallest absolute Gasteiger partial charge is 0.235 e. The monoisotopic (exact) mass is 506 g/mol. The van der Waals surface area contributed by atoms with Crippen LogP contribution in [0.15, 0.2) is 73.1 Å². The number of anilines is 1. The summed E-state index contributed by atoms with van der Waals surface area (Å²) >= 11 is 11.9. The Morgan fingerprint density at radius 2 is 1.29 bits per heavy atom. The minimum atomic E-state index is -0.297. The van der Waals surface area contributed by atoms with Crippen LogP contribution in [0.2, 0.25) is 10.0 Å². The molecule has 1 N–H and O–H groups in total. The summed E-state index contributed by atoms with van der Waals surface area (Å²) in [6, 6.07) is 18.3. The van der Waals surface area contributed by atoms with Gasteiger partial charge in [0, 0.05) is 46.4 Å². The van der Waals surface area contributed by atoms with Gasteiger partial charge in [-0.05, 0) is 67.3 Å². The molecule has 6 nitrogen and oxygen atoms in total. The van der Waals surface area contributed by atoms with Crippen LogP contribution in [0.3, 0.4) is 0 Å². The summed E-state index contributed by atoms with van der Waals surface area (Å²) in [5, 5.41) is 8.59. The molecule has 0 aliphatic carbocycles. The number of pyridine rings is 1. The van der Waals surface area contributed by atoms with Crippen LogP contribution in [0.4, 0.5) is 5.82 Å². The molecule has 0 spiro atoms. The minimum Gasteiger partial charge on any atom is -0.274 e. The van der Waals surface area contributed by atoms with Crippen molar-refractivity contribution >= 4 is 40.8 Å². The van der Waals surface area contributed by atoms with Crippen molar-refractivity contribution < 1.29 is 9.59 Å². The number of nitrogens with zero attached hydrogens (tertiary/aromatic N) is 3. The Morgan fingerprint density at radius 3 is 1.77 bits per heavy atom. The fourth-order valence-electron chi connectivity index (χ4n) is 3.81. The molecule has 0 aliphatic rings. The van der Waals surface area contributed by atoms with Crippen LogP contribution in [0.25, 0.3) is 11.3 Å². The van der Waals surface area contributed by atoms with Crippen LogP contribution in [0, 0.1) is 6.92 Å². The first-order chi connectivity index (χ1) is 16.9. The number of benzene rings is 2. The third-order valence-corrected chi connectivity index (χ3v) is 6.25. The first-order valence-corrected chi connectivity index (χ1v) is 12.0. The van der Waals surface area contributed by atoms with Crippen LogP contribution >= 0.6 is 23.2 Å². The Bertz CT molecular complexity index is 1240. The molecule has 2 amide bonds. The molecule has 4 aromatic rings. The van der Waals surface area contributed by atoms with E-state index in [0.717, 1.165) is 22.3 Å². The van der Waals surface area contributed by atoms with E-state index in [-0.39, 0.29) is 24.7 Å². The largest absolute Gasteiger partial charge is 0.274 e. The van der Waals surface area contributed by atoms with Crippen LogP contribution in [0.1, 0.15) is 29.5 Å². The Balaban J connectivity index is 1.57. The summed E-state index contributed by atoms with van der Waals surface area (Å²) < 4.78 is 0. The summed E-state index contributed by atoms with van der Waals surface area (Å²) in [5.41, 5.74) is 4.17. The molecule has 2 aromatic carbocycles. The summed E-state index contributed by atoms with van der Waals surface area (Å²) in [4.78, 5) is 32.0. The second-order valence-corrected chi connectivity index (χ2v) is 9.03. The zero-order valence-corrected chi connectivity index (χ0v) is 20.7. The number of rotatable bonds is 8. The minimum absolute atomic E-state index is 0.164. The van der Waals surface area contributed by atoms with Gasteiger partial charge in [-0.2, -0.15) is 5.10 Å². The number of hydrogen-bond donors (Lipinski definition) is 1. The van der Waals surface area contributed by atoms with Crippen molar-refractivity contribution in [2.24, 2.45) is 0 Å². The number of hydrogen-bond acceptors (Lipinski definition) is 4. The highest BCUT2D eigenvalue weighted by atomic mass is 35.5. The maximum absolute atomic E-state index is 13.4. The first kappa shape index (κ1) is 24.6. The lowest BCUT2D eigenvalue weighted by molar-refractivity contribution is -0.126. The van der Waals surface area contributed by atoms with E-state index in [2.05, 4.69) is 15.2 Å². The Hall–Kier alpha value is -3.48. The van der Waals surface area contributed by atoms with Crippen molar-refractivity contribution in [1.29, 1.82) is 0 Å². The van der Waals surface area contributed by atoms with Gasteiger partial charge in [0.2, 0.25) is 11.8 Å². The van der Waals surface area contributed by atoms with Gasteiger partial charge in [-0.25, -0.2) is 4.90 Å². The number of imide groups is 1. The highest BCUT2D eigenvalue weighted by Crippen LogP contribution is 2.29. The van der Waals surface area contributed by atoms with Crippen LogP contribution in [-0.2, 0) is 22.4 Å². The Kier molecular flexibility index (Phi) is 7.95. The number of H-pyrrole nitrogens is 1. The lowest BCUT2D eigenvalue weighted by Gasteiger charge is -2.20. The first-order valence-electron chi connectivity index (χ1n) is 11.2. The van der Waals surface area contributed by atoms with Gasteiger partial charge in [-0.1, -0.05) is 47.5 Å². The Morgan fingerprint density at radius 1 is 0.800 bits per heavy atom. The average molecular weight is 507 g/mol. The van der Waals surface area contributed by atoms with Crippen molar-refractivity contribution in [3.63, 3.8) is 0 Å². The maximum Gasteiger partial charge on any atom is 0.235 e. The van der Waals surface area contributed by atoms with Gasteiger partial charge in [0.05, 0.1) is 5.69 Å². The van der Waals surface area contributed by atoms with Crippen molar-refractivity contribution in [3.05, 3.63) is 99.8 Å². The number of carbonyl (C=O) groups excluding carboxylic acids is 2. The summed E-state index contributed by atoms with van der Waals surface area (Å²) in [6.07, 6.45) is 4.66. The van der Waals surface area contributed by atoms with Crippen LogP contribution in [-0.4, -0.2) is 27.0 Å². The summed E-state index contributed by atoms with van der Waals surface area (Å²) in [6.45, 7) is 1.85. The number of carbonyl (C=O) groups is 2. The van der Waals surface area contributed by atoms with E-state index in [1.54, 1.807) is 36.7 Å². The van der Waals surface area contributed by atoms with Gasteiger partial charge in [0.25, 0.3) is 0 Å². The number of aromatic nitrogens is 3. The lowest BCUT2D eigenvalue weighted by atomic mass is 10.1. The molecule has 0 atom stereocenters. The van der Waals surface area contributed by atoms with E-state index in [9.17, 15) is 9.59 Å². The van der Waals surface area contributed by atoms with E-state index < -0.39 is 0 Å². The average Bonchev–Trinajstić information content (AvgIpc) is 3.24. The molecule has 0 saturated carbocycles. The third-order valence-electron chi connectivity index (χ3n) is 5.74. The predicted molar refractivity (Wildman–Crippen MR) is 139 cm³/mol. The zero-order valence-electron chi connectivity index (χ0n) is 19.2. The summed E-state index contributed by atoms with van der Waals surface area (Å²) in [7, 11) is 0. The van der Waals surface area contributed by atoms with E-state index in [4.69, 9.17) is 23.2 Å². The van der Waals surface area contributed by atoms with E-state index in [1.807, 2.05) is 43.3 Å². The number of aryl methyl sites for hydroxylation is 2. The third kappa shape index (κ3) is 6.15. The molecule has 0 unspecified atom stereocenters. The number of amides is 2. The van der Waals surface area contributed by atoms with Crippen molar-refractivity contribution in [3.8, 4) is 11.3 Å². The normalized spacial score (nSPS) is 10.8. The molecule has 178 valence electrons. The topological polar surface area (TPSA) is 79.0 Å². The molecule has 4 rings (SSSR count). The zero-order chi connectivity index (χ0) is 24.8. The van der Waals surface area contributed by atoms with Crippen LogP contribution in [0.5, 0.6) is 0 Å². The van der Waals surface area contributed by atoms with Crippen LogP contribution < -0.4 is 4.90 Å². The molecule has 2 aromatic heterocycles. The second kappa shape index (κ2) is 11.3. The maximum atomic E-state index is 13.4. The second-order valence-electron chi connectivity index (χ2n) is 8.16. The molecular weight excluding hydrogens is 483 g/mol. The quantitative estimate of drug-likeness (QED) is 0.308. The highest BCUT2D eigenvalue weighted by molar-refractivity contribution is 6.30. The molecule has 0 aliphatic heterocycles. The molecule has 0 radical (unpaired) electrons. The van der Waals surface area contributed by atoms with Gasteiger partial charge >= 0.3 is 0 Å². The predicted octanol–water partition coefficient (Wildman–Crippen LogP) is 6.21. The number of halogens is 2. The van der Waals surface area contributed by atoms with Gasteiger partial charge < -0.3 is 0 Å². The van der Waals surface area contributed by atoms with Crippen molar-refractivity contribution in [2.75, 3.05) is 4.90 Å². The SMILES string of the molecule is Cc1c(-c2ccncc2)n[nH]c1N(C(=O)CCc1ccc(Cl)cc1)C(=O)CCc1ccc(Cl)cc1. The molecule has 0 bridgehead atoms. The number of nitrogens with one attached hydrogen (secondary N) is 1. The van der Waals surface area contributed by atoms with Gasteiger partial charge in [-0.3, -0.25) is 19.7 Å². The van der Waals surface area contributed by atoms with Gasteiger partial charge in [-0.15, -0.1) is 0 Å². The lowest BCUT2D eigenvalue weighted by Crippen LogP contribution is -2.38. The van der Waals surface area contributed by atoms with Crippen molar-refractivity contribution in [1.82, 2.24) is 15.2 Å². The Labute approximate surface area is 213 Å². The molecule has 0 fully saturated rings. The van der Waals surface area contributed by atoms with E-state index in [1.165, 1.54) is 4.90 Å². The highest BCUT2D eigenvalue weighted by Gasteiger charge is 2.27. The molecule has 2 heterocycles. The van der Waals surface area contributed by atoms with Crippen molar-refractivity contribution in [2.45, 2.75) is 32.6 Å². The fourth-order valence-corrected chi connectivity index (χ4v) is 4.07.